The molecule has 1 rings (SSSR count). The van der Waals surface area contributed by atoms with Gasteiger partial charge in [0.25, 0.3) is 0 Å². The smallest absolute Gasteiger partial charge is 0.310 e. The van der Waals surface area contributed by atoms with Gasteiger partial charge in [-0.2, -0.15) is 0 Å². The zero-order chi connectivity index (χ0) is 14.5. The summed E-state index contributed by atoms with van der Waals surface area (Å²) < 4.78 is 0. The van der Waals surface area contributed by atoms with Crippen molar-refractivity contribution in [2.45, 2.75) is 59.8 Å². The summed E-state index contributed by atoms with van der Waals surface area (Å²) in [5.74, 6) is 0.793. The van der Waals surface area contributed by atoms with Crippen molar-refractivity contribution >= 4 is 5.97 Å². The van der Waals surface area contributed by atoms with Crippen LogP contribution in [-0.4, -0.2) is 35.6 Å². The Morgan fingerprint density at radius 2 is 2.05 bits per heavy atom. The lowest BCUT2D eigenvalue weighted by Crippen LogP contribution is -2.48. The Morgan fingerprint density at radius 3 is 2.58 bits per heavy atom. The summed E-state index contributed by atoms with van der Waals surface area (Å²) in [6.45, 7) is 11.8. The SMILES string of the molecule is CCCC1(C(=O)O)CCCN(CC(C)CC(C)C)C1. The Hall–Kier alpha value is -0.570. The second-order valence-corrected chi connectivity index (χ2v) is 6.91. The average Bonchev–Trinajstić information content (AvgIpc) is 2.28. The minimum Gasteiger partial charge on any atom is -0.481 e. The second kappa shape index (κ2) is 7.28. The normalized spacial score (nSPS) is 26.6. The molecule has 19 heavy (non-hydrogen) atoms. The molecule has 1 aliphatic rings. The van der Waals surface area contributed by atoms with Gasteiger partial charge < -0.3 is 10.0 Å². The molecule has 112 valence electrons. The fraction of sp³-hybridized carbons (Fsp3) is 0.938. The molecule has 3 nitrogen and oxygen atoms in total. The first kappa shape index (κ1) is 16.5. The molecule has 0 aromatic heterocycles. The summed E-state index contributed by atoms with van der Waals surface area (Å²) >= 11 is 0. The van der Waals surface area contributed by atoms with Crippen LogP contribution in [0.15, 0.2) is 0 Å². The summed E-state index contributed by atoms with van der Waals surface area (Å²) in [6, 6.07) is 0. The number of hydrogen-bond acceptors (Lipinski definition) is 2. The number of likely N-dealkylation sites (tertiary alicyclic amines) is 1. The minimum absolute atomic E-state index is 0.482. The van der Waals surface area contributed by atoms with Crippen molar-refractivity contribution in [3.63, 3.8) is 0 Å². The lowest BCUT2D eigenvalue weighted by Gasteiger charge is -2.41. The van der Waals surface area contributed by atoms with Crippen molar-refractivity contribution in [3.8, 4) is 0 Å². The lowest BCUT2D eigenvalue weighted by atomic mass is 9.76. The van der Waals surface area contributed by atoms with Gasteiger partial charge in [0.1, 0.15) is 0 Å². The van der Waals surface area contributed by atoms with E-state index in [-0.39, 0.29) is 0 Å². The number of aliphatic carboxylic acids is 1. The van der Waals surface area contributed by atoms with Gasteiger partial charge in [-0.15, -0.1) is 0 Å². The van der Waals surface area contributed by atoms with Crippen molar-refractivity contribution in [2.24, 2.45) is 17.3 Å². The molecule has 0 aromatic carbocycles. The molecule has 0 saturated carbocycles. The summed E-state index contributed by atoms with van der Waals surface area (Å²) in [5, 5.41) is 9.59. The molecule has 0 radical (unpaired) electrons. The Morgan fingerprint density at radius 1 is 1.37 bits per heavy atom. The van der Waals surface area contributed by atoms with Crippen molar-refractivity contribution in [2.75, 3.05) is 19.6 Å². The van der Waals surface area contributed by atoms with Gasteiger partial charge in [0.2, 0.25) is 0 Å². The van der Waals surface area contributed by atoms with E-state index in [9.17, 15) is 9.90 Å². The van der Waals surface area contributed by atoms with E-state index in [4.69, 9.17) is 0 Å². The van der Waals surface area contributed by atoms with Crippen molar-refractivity contribution in [1.29, 1.82) is 0 Å². The maximum atomic E-state index is 11.6. The maximum absolute atomic E-state index is 11.6. The van der Waals surface area contributed by atoms with Crippen LogP contribution in [0.1, 0.15) is 59.8 Å². The Balaban J connectivity index is 2.59. The first-order valence-corrected chi connectivity index (χ1v) is 7.85. The second-order valence-electron chi connectivity index (χ2n) is 6.91. The van der Waals surface area contributed by atoms with Crippen LogP contribution in [0, 0.1) is 17.3 Å². The van der Waals surface area contributed by atoms with Crippen LogP contribution in [-0.2, 0) is 4.79 Å². The van der Waals surface area contributed by atoms with E-state index in [0.29, 0.717) is 5.92 Å². The third-order valence-electron chi connectivity index (χ3n) is 4.28. The number of piperidine rings is 1. The summed E-state index contributed by atoms with van der Waals surface area (Å²) in [4.78, 5) is 14.0. The zero-order valence-corrected chi connectivity index (χ0v) is 13.1. The largest absolute Gasteiger partial charge is 0.481 e. The minimum atomic E-state index is -0.587. The summed E-state index contributed by atoms with van der Waals surface area (Å²) in [6.07, 6.45) is 4.88. The molecule has 0 bridgehead atoms. The number of hydrogen-bond donors (Lipinski definition) is 1. The van der Waals surface area contributed by atoms with Gasteiger partial charge in [-0.05, 0) is 44.1 Å². The summed E-state index contributed by atoms with van der Waals surface area (Å²) in [7, 11) is 0. The van der Waals surface area contributed by atoms with Crippen LogP contribution in [0.2, 0.25) is 0 Å². The predicted octanol–water partition coefficient (Wildman–Crippen LogP) is 3.64. The van der Waals surface area contributed by atoms with E-state index < -0.39 is 11.4 Å². The molecular formula is C16H31NO2. The first-order valence-electron chi connectivity index (χ1n) is 7.85. The first-order chi connectivity index (χ1) is 8.89. The summed E-state index contributed by atoms with van der Waals surface area (Å²) in [5.41, 5.74) is -0.482. The van der Waals surface area contributed by atoms with Gasteiger partial charge in [-0.25, -0.2) is 0 Å². The van der Waals surface area contributed by atoms with Crippen LogP contribution in [0.3, 0.4) is 0 Å². The lowest BCUT2D eigenvalue weighted by molar-refractivity contribution is -0.153. The van der Waals surface area contributed by atoms with E-state index >= 15 is 0 Å². The third kappa shape index (κ3) is 4.79. The molecule has 1 N–H and O–H groups in total. The molecule has 1 aliphatic heterocycles. The molecule has 2 unspecified atom stereocenters. The highest BCUT2D eigenvalue weighted by Crippen LogP contribution is 2.35. The number of carbonyl (C=O) groups is 1. The molecule has 0 spiro atoms. The number of carboxylic acids is 1. The highest BCUT2D eigenvalue weighted by atomic mass is 16.4. The topological polar surface area (TPSA) is 40.5 Å². The monoisotopic (exact) mass is 269 g/mol. The Labute approximate surface area is 118 Å². The molecule has 2 atom stereocenters. The van der Waals surface area contributed by atoms with Gasteiger partial charge in [-0.3, -0.25) is 4.79 Å². The fourth-order valence-electron chi connectivity index (χ4n) is 3.67. The molecule has 3 heteroatoms. The Kier molecular flexibility index (Phi) is 6.31. The number of nitrogens with zero attached hydrogens (tertiary/aromatic N) is 1. The number of carboxylic acid groups (broad SMARTS) is 1. The molecule has 0 aromatic rings. The van der Waals surface area contributed by atoms with E-state index in [2.05, 4.69) is 32.6 Å². The van der Waals surface area contributed by atoms with Crippen molar-refractivity contribution in [1.82, 2.24) is 4.90 Å². The highest BCUT2D eigenvalue weighted by molar-refractivity contribution is 5.75. The average molecular weight is 269 g/mol. The molecule has 1 heterocycles. The van der Waals surface area contributed by atoms with E-state index in [1.807, 2.05) is 0 Å². The van der Waals surface area contributed by atoms with E-state index in [0.717, 1.165) is 51.2 Å². The quantitative estimate of drug-likeness (QED) is 0.767. The van der Waals surface area contributed by atoms with Crippen LogP contribution in [0.4, 0.5) is 0 Å². The van der Waals surface area contributed by atoms with Crippen LogP contribution >= 0.6 is 0 Å². The molecule has 0 amide bonds. The van der Waals surface area contributed by atoms with Gasteiger partial charge in [0.15, 0.2) is 0 Å². The fourth-order valence-corrected chi connectivity index (χ4v) is 3.67. The van der Waals surface area contributed by atoms with Crippen LogP contribution in [0.25, 0.3) is 0 Å². The van der Waals surface area contributed by atoms with Crippen LogP contribution in [0.5, 0.6) is 0 Å². The van der Waals surface area contributed by atoms with Gasteiger partial charge >= 0.3 is 5.97 Å². The molecular weight excluding hydrogens is 238 g/mol. The number of rotatable bonds is 7. The van der Waals surface area contributed by atoms with Crippen molar-refractivity contribution in [3.05, 3.63) is 0 Å². The van der Waals surface area contributed by atoms with Gasteiger partial charge in [-0.1, -0.05) is 34.1 Å². The third-order valence-corrected chi connectivity index (χ3v) is 4.28. The Bertz CT molecular complexity index is 286. The predicted molar refractivity (Wildman–Crippen MR) is 79.3 cm³/mol. The van der Waals surface area contributed by atoms with Gasteiger partial charge in [0.05, 0.1) is 5.41 Å². The molecule has 1 saturated heterocycles. The molecule has 0 aliphatic carbocycles. The van der Waals surface area contributed by atoms with Crippen LogP contribution < -0.4 is 0 Å². The molecule has 1 fully saturated rings. The standard InChI is InChI=1S/C16H31NO2/c1-5-7-16(15(18)19)8-6-9-17(12-16)11-14(4)10-13(2)3/h13-14H,5-12H2,1-4H3,(H,18,19). The van der Waals surface area contributed by atoms with Gasteiger partial charge in [0, 0.05) is 13.1 Å². The van der Waals surface area contributed by atoms with Crippen molar-refractivity contribution < 1.29 is 9.90 Å². The zero-order valence-electron chi connectivity index (χ0n) is 13.1. The maximum Gasteiger partial charge on any atom is 0.310 e. The van der Waals surface area contributed by atoms with E-state index in [1.54, 1.807) is 0 Å². The van der Waals surface area contributed by atoms with E-state index in [1.165, 1.54) is 6.42 Å². The highest BCUT2D eigenvalue weighted by Gasteiger charge is 2.41.